The molecule has 0 unspecified atom stereocenters. The smallest absolute Gasteiger partial charge is 0.342 e. The summed E-state index contributed by atoms with van der Waals surface area (Å²) in [6.45, 7) is 6.58. The number of thiophene rings is 1. The number of benzene rings is 1. The van der Waals surface area contributed by atoms with Crippen molar-refractivity contribution in [1.29, 1.82) is 0 Å². The summed E-state index contributed by atoms with van der Waals surface area (Å²) in [5, 5.41) is 2.49. The van der Waals surface area contributed by atoms with Crippen molar-refractivity contribution in [1.82, 2.24) is 0 Å². The molecule has 1 aliphatic carbocycles. The second-order valence-corrected chi connectivity index (χ2v) is 8.79. The lowest BCUT2D eigenvalue weighted by atomic mass is 9.86. The molecule has 2 N–H and O–H groups in total. The van der Waals surface area contributed by atoms with Gasteiger partial charge in [-0.3, -0.25) is 0 Å². The van der Waals surface area contributed by atoms with Crippen LogP contribution in [-0.2, 0) is 10.2 Å². The number of anilines is 1. The number of carbonyl (C=O) groups is 1. The van der Waals surface area contributed by atoms with Gasteiger partial charge in [-0.2, -0.15) is 0 Å². The number of esters is 1. The number of ether oxygens (including phenoxy) is 1. The van der Waals surface area contributed by atoms with Gasteiger partial charge < -0.3 is 10.5 Å². The van der Waals surface area contributed by atoms with Gasteiger partial charge in [-0.15, -0.1) is 11.3 Å². The molecule has 0 atom stereocenters. The van der Waals surface area contributed by atoms with E-state index in [-0.39, 0.29) is 17.5 Å². The molecule has 1 aromatic carbocycles. The van der Waals surface area contributed by atoms with Gasteiger partial charge in [-0.25, -0.2) is 4.79 Å². The molecule has 3 rings (SSSR count). The summed E-state index contributed by atoms with van der Waals surface area (Å²) in [5.74, 6) is -0.277. The first kappa shape index (κ1) is 18.0. The van der Waals surface area contributed by atoms with Gasteiger partial charge >= 0.3 is 5.97 Å². The molecule has 4 heteroatoms. The van der Waals surface area contributed by atoms with Crippen LogP contribution in [0.4, 0.5) is 5.00 Å². The quantitative estimate of drug-likeness (QED) is 0.708. The van der Waals surface area contributed by atoms with Crippen LogP contribution in [0.15, 0.2) is 29.6 Å². The lowest BCUT2D eigenvalue weighted by molar-refractivity contribution is 0.0214. The average molecular weight is 358 g/mol. The Morgan fingerprint density at radius 3 is 2.36 bits per heavy atom. The first-order valence-electron chi connectivity index (χ1n) is 9.05. The van der Waals surface area contributed by atoms with Crippen LogP contribution in [0.5, 0.6) is 0 Å². The summed E-state index contributed by atoms with van der Waals surface area (Å²) in [6, 6.07) is 8.39. The molecule has 0 spiro atoms. The van der Waals surface area contributed by atoms with Crippen molar-refractivity contribution in [3.05, 3.63) is 40.8 Å². The minimum absolute atomic E-state index is 0.0386. The van der Waals surface area contributed by atoms with Gasteiger partial charge in [0.05, 0.1) is 0 Å². The van der Waals surface area contributed by atoms with Crippen LogP contribution in [0, 0.1) is 0 Å². The molecule has 0 aliphatic heterocycles. The highest BCUT2D eigenvalue weighted by atomic mass is 32.1. The van der Waals surface area contributed by atoms with Gasteiger partial charge in [0.15, 0.2) is 0 Å². The number of hydrogen-bond donors (Lipinski definition) is 1. The molecule has 25 heavy (non-hydrogen) atoms. The van der Waals surface area contributed by atoms with E-state index in [1.54, 1.807) is 0 Å². The van der Waals surface area contributed by atoms with Gasteiger partial charge in [-0.05, 0) is 42.2 Å². The minimum Gasteiger partial charge on any atom is -0.459 e. The monoisotopic (exact) mass is 357 g/mol. The Morgan fingerprint density at radius 2 is 1.76 bits per heavy atom. The molecule has 3 nitrogen and oxygen atoms in total. The van der Waals surface area contributed by atoms with E-state index in [9.17, 15) is 4.79 Å². The van der Waals surface area contributed by atoms with Crippen LogP contribution >= 0.6 is 11.3 Å². The van der Waals surface area contributed by atoms with E-state index >= 15 is 0 Å². The van der Waals surface area contributed by atoms with Crippen molar-refractivity contribution < 1.29 is 9.53 Å². The lowest BCUT2D eigenvalue weighted by Crippen LogP contribution is -2.21. The fraction of sp³-hybridized carbons (Fsp3) is 0.476. The number of hydrogen-bond acceptors (Lipinski definition) is 4. The zero-order valence-electron chi connectivity index (χ0n) is 15.3. The van der Waals surface area contributed by atoms with E-state index < -0.39 is 0 Å². The Bertz CT molecular complexity index is 734. The minimum atomic E-state index is -0.277. The molecule has 1 saturated carbocycles. The van der Waals surface area contributed by atoms with E-state index in [0.29, 0.717) is 10.6 Å². The van der Waals surface area contributed by atoms with Crippen LogP contribution in [0.2, 0.25) is 0 Å². The second-order valence-electron chi connectivity index (χ2n) is 7.88. The van der Waals surface area contributed by atoms with Crippen molar-refractivity contribution >= 4 is 22.3 Å². The van der Waals surface area contributed by atoms with Crippen molar-refractivity contribution in [2.45, 2.75) is 64.4 Å². The van der Waals surface area contributed by atoms with Crippen molar-refractivity contribution in [2.75, 3.05) is 5.73 Å². The average Bonchev–Trinajstić information content (AvgIpc) is 2.97. The van der Waals surface area contributed by atoms with Crippen molar-refractivity contribution in [3.8, 4) is 11.1 Å². The zero-order valence-corrected chi connectivity index (χ0v) is 16.1. The molecule has 134 valence electrons. The predicted molar refractivity (Wildman–Crippen MR) is 105 cm³/mol. The van der Waals surface area contributed by atoms with E-state index in [1.807, 2.05) is 5.38 Å². The standard InChI is InChI=1S/C21H27NO2S/c1-21(2,3)15-11-9-14(10-12-15)17-13-25-19(22)18(17)20(23)24-16-7-5-4-6-8-16/h9-13,16H,4-8,22H2,1-3H3. The van der Waals surface area contributed by atoms with Crippen LogP contribution in [0.25, 0.3) is 11.1 Å². The highest BCUT2D eigenvalue weighted by Gasteiger charge is 2.24. The maximum atomic E-state index is 12.7. The van der Waals surface area contributed by atoms with Crippen LogP contribution in [-0.4, -0.2) is 12.1 Å². The first-order valence-corrected chi connectivity index (χ1v) is 9.93. The number of carbonyl (C=O) groups excluding carboxylic acids is 1. The molecule has 0 radical (unpaired) electrons. The fourth-order valence-electron chi connectivity index (χ4n) is 3.34. The van der Waals surface area contributed by atoms with Crippen LogP contribution in [0.3, 0.4) is 0 Å². The Morgan fingerprint density at radius 1 is 1.12 bits per heavy atom. The van der Waals surface area contributed by atoms with Gasteiger partial charge in [-0.1, -0.05) is 51.5 Å². The molecule has 1 fully saturated rings. The van der Waals surface area contributed by atoms with Gasteiger partial charge in [0.1, 0.15) is 16.7 Å². The summed E-state index contributed by atoms with van der Waals surface area (Å²) >= 11 is 1.40. The largest absolute Gasteiger partial charge is 0.459 e. The fourth-order valence-corrected chi connectivity index (χ4v) is 4.15. The summed E-state index contributed by atoms with van der Waals surface area (Å²) in [6.07, 6.45) is 5.48. The molecule has 0 saturated heterocycles. The Hall–Kier alpha value is -1.81. The maximum Gasteiger partial charge on any atom is 0.342 e. The molecule has 0 bridgehead atoms. The number of nitrogen functional groups attached to an aromatic ring is 1. The van der Waals surface area contributed by atoms with Crippen LogP contribution in [0.1, 0.15) is 68.8 Å². The second kappa shape index (κ2) is 7.20. The Kier molecular flexibility index (Phi) is 5.19. The number of rotatable bonds is 3. The summed E-state index contributed by atoms with van der Waals surface area (Å²) in [4.78, 5) is 12.7. The molecule has 1 heterocycles. The molecular formula is C21H27NO2S. The van der Waals surface area contributed by atoms with E-state index in [2.05, 4.69) is 45.0 Å². The van der Waals surface area contributed by atoms with Crippen molar-refractivity contribution in [3.63, 3.8) is 0 Å². The molecule has 1 aliphatic rings. The summed E-state index contributed by atoms with van der Waals surface area (Å²) in [7, 11) is 0. The van der Waals surface area contributed by atoms with Crippen molar-refractivity contribution in [2.24, 2.45) is 0 Å². The third-order valence-electron chi connectivity index (χ3n) is 4.91. The predicted octanol–water partition coefficient (Wildman–Crippen LogP) is 5.78. The molecular weight excluding hydrogens is 330 g/mol. The highest BCUT2D eigenvalue weighted by Crippen LogP contribution is 2.36. The lowest BCUT2D eigenvalue weighted by Gasteiger charge is -2.22. The van der Waals surface area contributed by atoms with E-state index in [1.165, 1.54) is 23.3 Å². The molecule has 1 aromatic heterocycles. The Labute approximate surface area is 154 Å². The van der Waals surface area contributed by atoms with E-state index in [4.69, 9.17) is 10.5 Å². The zero-order chi connectivity index (χ0) is 18.0. The van der Waals surface area contributed by atoms with E-state index in [0.717, 1.165) is 36.8 Å². The SMILES string of the molecule is CC(C)(C)c1ccc(-c2csc(N)c2C(=O)OC2CCCCC2)cc1. The van der Waals surface area contributed by atoms with Gasteiger partial charge in [0.2, 0.25) is 0 Å². The third-order valence-corrected chi connectivity index (χ3v) is 5.72. The summed E-state index contributed by atoms with van der Waals surface area (Å²) in [5.41, 5.74) is 9.89. The molecule has 0 amide bonds. The maximum absolute atomic E-state index is 12.7. The normalized spacial score (nSPS) is 16.0. The topological polar surface area (TPSA) is 52.3 Å². The third kappa shape index (κ3) is 4.06. The Balaban J connectivity index is 1.84. The van der Waals surface area contributed by atoms with Gasteiger partial charge in [0.25, 0.3) is 0 Å². The van der Waals surface area contributed by atoms with Gasteiger partial charge in [0, 0.05) is 10.9 Å². The summed E-state index contributed by atoms with van der Waals surface area (Å²) < 4.78 is 5.74. The molecule has 2 aromatic rings. The van der Waals surface area contributed by atoms with Crippen LogP contribution < -0.4 is 5.73 Å². The number of nitrogens with two attached hydrogens (primary N) is 1. The first-order chi connectivity index (χ1) is 11.9. The highest BCUT2D eigenvalue weighted by molar-refractivity contribution is 7.14.